The van der Waals surface area contributed by atoms with Crippen molar-refractivity contribution in [1.29, 1.82) is 0 Å². The van der Waals surface area contributed by atoms with Crippen LogP contribution in [0.1, 0.15) is 31.4 Å². The largest absolute Gasteiger partial charge is 0.493 e. The molecule has 0 atom stereocenters. The average Bonchev–Trinajstić information content (AvgIpc) is 3.14. The highest BCUT2D eigenvalue weighted by Gasteiger charge is 2.11. The number of ether oxygens (including phenoxy) is 2. The van der Waals surface area contributed by atoms with Gasteiger partial charge in [0.15, 0.2) is 11.5 Å². The van der Waals surface area contributed by atoms with Crippen molar-refractivity contribution in [1.82, 2.24) is 10.3 Å². The molecule has 3 rings (SSSR count). The second kappa shape index (κ2) is 8.68. The number of methoxy groups -OCH3 is 2. The van der Waals surface area contributed by atoms with Crippen molar-refractivity contribution in [3.05, 3.63) is 75.2 Å². The summed E-state index contributed by atoms with van der Waals surface area (Å²) in [6.45, 7) is 2.47. The highest BCUT2D eigenvalue weighted by Crippen LogP contribution is 2.27. The number of benzene rings is 2. The minimum Gasteiger partial charge on any atom is -0.493 e. The number of hydrogen-bond acceptors (Lipinski definition) is 5. The van der Waals surface area contributed by atoms with Crippen LogP contribution in [0.25, 0.3) is 0 Å². The predicted octanol–water partition coefficient (Wildman–Crippen LogP) is 3.99. The van der Waals surface area contributed by atoms with Crippen LogP contribution in [-0.4, -0.2) is 25.1 Å². The number of nitrogens with one attached hydrogen (secondary N) is 1. The van der Waals surface area contributed by atoms with Gasteiger partial charge in [-0.05, 0) is 30.7 Å². The van der Waals surface area contributed by atoms with Gasteiger partial charge in [-0.3, -0.25) is 4.79 Å². The van der Waals surface area contributed by atoms with Crippen LogP contribution in [-0.2, 0) is 13.0 Å². The lowest BCUT2D eigenvalue weighted by Gasteiger charge is -2.09. The summed E-state index contributed by atoms with van der Waals surface area (Å²) in [5.41, 5.74) is 3.02. The number of carbonyl (C=O) groups excluding carboxylic acids is 1. The SMILES string of the molecule is COc1ccc(C(=O)NCc2ncc(Cc3ccc(C)cc3)s2)cc1OC. The van der Waals surface area contributed by atoms with E-state index in [4.69, 9.17) is 9.47 Å². The van der Waals surface area contributed by atoms with Gasteiger partial charge in [0.05, 0.1) is 20.8 Å². The van der Waals surface area contributed by atoms with Gasteiger partial charge in [-0.2, -0.15) is 0 Å². The van der Waals surface area contributed by atoms with Crippen LogP contribution in [0.2, 0.25) is 0 Å². The number of aryl methyl sites for hydroxylation is 1. The van der Waals surface area contributed by atoms with Gasteiger partial charge in [-0.1, -0.05) is 29.8 Å². The third-order valence-corrected chi connectivity index (χ3v) is 5.14. The Morgan fingerprint density at radius 2 is 1.81 bits per heavy atom. The minimum absolute atomic E-state index is 0.175. The fraction of sp³-hybridized carbons (Fsp3) is 0.238. The fourth-order valence-electron chi connectivity index (χ4n) is 2.65. The van der Waals surface area contributed by atoms with E-state index in [-0.39, 0.29) is 5.91 Å². The van der Waals surface area contributed by atoms with E-state index >= 15 is 0 Å². The van der Waals surface area contributed by atoms with Crippen LogP contribution in [0.4, 0.5) is 0 Å². The normalized spacial score (nSPS) is 10.5. The molecule has 0 radical (unpaired) electrons. The maximum absolute atomic E-state index is 12.4. The second-order valence-corrected chi connectivity index (χ2v) is 7.33. The van der Waals surface area contributed by atoms with Crippen molar-refractivity contribution < 1.29 is 14.3 Å². The monoisotopic (exact) mass is 382 g/mol. The minimum atomic E-state index is -0.175. The molecule has 0 fully saturated rings. The van der Waals surface area contributed by atoms with Gasteiger partial charge in [0, 0.05) is 23.1 Å². The maximum Gasteiger partial charge on any atom is 0.251 e. The zero-order valence-electron chi connectivity index (χ0n) is 15.6. The van der Waals surface area contributed by atoms with Crippen LogP contribution in [0.15, 0.2) is 48.7 Å². The molecule has 0 aliphatic carbocycles. The molecular weight excluding hydrogens is 360 g/mol. The summed E-state index contributed by atoms with van der Waals surface area (Å²) in [6.07, 6.45) is 2.73. The summed E-state index contributed by atoms with van der Waals surface area (Å²) in [4.78, 5) is 18.0. The van der Waals surface area contributed by atoms with Crippen LogP contribution in [0.5, 0.6) is 11.5 Å². The molecule has 0 spiro atoms. The summed E-state index contributed by atoms with van der Waals surface area (Å²) < 4.78 is 10.4. The van der Waals surface area contributed by atoms with Crippen LogP contribution < -0.4 is 14.8 Å². The smallest absolute Gasteiger partial charge is 0.251 e. The molecule has 1 N–H and O–H groups in total. The van der Waals surface area contributed by atoms with E-state index in [0.29, 0.717) is 23.6 Å². The van der Waals surface area contributed by atoms with Crippen LogP contribution in [0, 0.1) is 6.92 Å². The molecule has 6 heteroatoms. The lowest BCUT2D eigenvalue weighted by molar-refractivity contribution is 0.0950. The molecule has 0 unspecified atom stereocenters. The van der Waals surface area contributed by atoms with Gasteiger partial charge in [0.25, 0.3) is 5.91 Å². The summed E-state index contributed by atoms with van der Waals surface area (Å²) in [6, 6.07) is 13.6. The van der Waals surface area contributed by atoms with Gasteiger partial charge >= 0.3 is 0 Å². The number of rotatable bonds is 7. The molecule has 140 valence electrons. The molecule has 3 aromatic rings. The van der Waals surface area contributed by atoms with E-state index in [0.717, 1.165) is 11.4 Å². The van der Waals surface area contributed by atoms with E-state index in [1.165, 1.54) is 16.0 Å². The predicted molar refractivity (Wildman–Crippen MR) is 107 cm³/mol. The number of carbonyl (C=O) groups is 1. The van der Waals surface area contributed by atoms with Gasteiger partial charge in [-0.15, -0.1) is 11.3 Å². The molecule has 2 aromatic carbocycles. The van der Waals surface area contributed by atoms with Crippen molar-refractivity contribution in [2.75, 3.05) is 14.2 Å². The number of aromatic nitrogens is 1. The second-order valence-electron chi connectivity index (χ2n) is 6.14. The fourth-order valence-corrected chi connectivity index (χ4v) is 3.55. The quantitative estimate of drug-likeness (QED) is 0.671. The number of thiazole rings is 1. The Labute approximate surface area is 163 Å². The van der Waals surface area contributed by atoms with E-state index < -0.39 is 0 Å². The summed E-state index contributed by atoms with van der Waals surface area (Å²) in [5.74, 6) is 0.945. The molecule has 0 aliphatic heterocycles. The summed E-state index contributed by atoms with van der Waals surface area (Å²) in [7, 11) is 3.11. The molecule has 1 amide bonds. The first kappa shape index (κ1) is 18.9. The van der Waals surface area contributed by atoms with Gasteiger partial charge in [-0.25, -0.2) is 4.98 Å². The topological polar surface area (TPSA) is 60.5 Å². The van der Waals surface area contributed by atoms with E-state index in [9.17, 15) is 4.79 Å². The van der Waals surface area contributed by atoms with Crippen LogP contribution in [0.3, 0.4) is 0 Å². The molecule has 1 heterocycles. The number of hydrogen-bond donors (Lipinski definition) is 1. The number of nitrogens with zero attached hydrogens (tertiary/aromatic N) is 1. The first-order valence-electron chi connectivity index (χ1n) is 8.58. The first-order valence-corrected chi connectivity index (χ1v) is 9.40. The highest BCUT2D eigenvalue weighted by molar-refractivity contribution is 7.11. The third kappa shape index (κ3) is 4.86. The van der Waals surface area contributed by atoms with E-state index in [1.54, 1.807) is 43.8 Å². The van der Waals surface area contributed by atoms with Crippen molar-refractivity contribution in [2.45, 2.75) is 19.9 Å². The standard InChI is InChI=1S/C21H22N2O3S/c1-14-4-6-15(7-5-14)10-17-12-22-20(27-17)13-23-21(24)16-8-9-18(25-2)19(11-16)26-3/h4-9,11-12H,10,13H2,1-3H3,(H,23,24). The Hall–Kier alpha value is -2.86. The summed E-state index contributed by atoms with van der Waals surface area (Å²) in [5, 5.41) is 3.78. The Kier molecular flexibility index (Phi) is 6.08. The molecule has 0 aliphatic rings. The van der Waals surface area contributed by atoms with Crippen molar-refractivity contribution in [2.24, 2.45) is 0 Å². The van der Waals surface area contributed by atoms with Gasteiger partial charge in [0.1, 0.15) is 5.01 Å². The average molecular weight is 382 g/mol. The first-order chi connectivity index (χ1) is 13.1. The lowest BCUT2D eigenvalue weighted by Crippen LogP contribution is -2.22. The lowest BCUT2D eigenvalue weighted by atomic mass is 10.1. The Morgan fingerprint density at radius 1 is 1.07 bits per heavy atom. The van der Waals surface area contributed by atoms with E-state index in [2.05, 4.69) is 41.5 Å². The highest BCUT2D eigenvalue weighted by atomic mass is 32.1. The van der Waals surface area contributed by atoms with Crippen molar-refractivity contribution >= 4 is 17.2 Å². The Balaban J connectivity index is 1.59. The molecule has 5 nitrogen and oxygen atoms in total. The number of amides is 1. The molecule has 0 saturated heterocycles. The Morgan fingerprint density at radius 3 is 2.52 bits per heavy atom. The van der Waals surface area contributed by atoms with Crippen LogP contribution >= 0.6 is 11.3 Å². The summed E-state index contributed by atoms with van der Waals surface area (Å²) >= 11 is 1.61. The molecule has 0 saturated carbocycles. The zero-order chi connectivity index (χ0) is 19.2. The van der Waals surface area contributed by atoms with Crippen molar-refractivity contribution in [3.8, 4) is 11.5 Å². The molecule has 0 bridgehead atoms. The van der Waals surface area contributed by atoms with Gasteiger partial charge < -0.3 is 14.8 Å². The Bertz CT molecular complexity index is 919. The maximum atomic E-state index is 12.4. The third-order valence-electron chi connectivity index (χ3n) is 4.15. The van der Waals surface area contributed by atoms with E-state index in [1.807, 2.05) is 6.20 Å². The van der Waals surface area contributed by atoms with Gasteiger partial charge in [0.2, 0.25) is 0 Å². The zero-order valence-corrected chi connectivity index (χ0v) is 16.4. The van der Waals surface area contributed by atoms with Crippen molar-refractivity contribution in [3.63, 3.8) is 0 Å². The molecular formula is C21H22N2O3S. The molecule has 27 heavy (non-hydrogen) atoms. The molecule has 1 aromatic heterocycles.